The van der Waals surface area contributed by atoms with Crippen LogP contribution < -0.4 is 0 Å². The van der Waals surface area contributed by atoms with Gasteiger partial charge in [-0.15, -0.1) is 0 Å². The Bertz CT molecular complexity index is 606. The summed E-state index contributed by atoms with van der Waals surface area (Å²) in [6.45, 7) is 0. The van der Waals surface area contributed by atoms with E-state index in [1.807, 2.05) is 12.1 Å². The van der Waals surface area contributed by atoms with Gasteiger partial charge in [0, 0.05) is 11.1 Å². The molecule has 1 aromatic heterocycles. The van der Waals surface area contributed by atoms with Crippen molar-refractivity contribution in [2.45, 2.75) is 9.92 Å². The molecular weight excluding hydrogens is 338 g/mol. The first-order chi connectivity index (χ1) is 8.58. The highest BCUT2D eigenvalue weighted by Crippen LogP contribution is 2.33. The molecule has 0 saturated heterocycles. The second-order valence-corrected chi connectivity index (χ2v) is 5.66. The molecule has 0 aliphatic carbocycles. The third-order valence-electron chi connectivity index (χ3n) is 2.11. The predicted molar refractivity (Wildman–Crippen MR) is 74.5 cm³/mol. The van der Waals surface area contributed by atoms with Crippen LogP contribution in [0.15, 0.2) is 50.9 Å². The Morgan fingerprint density at radius 3 is 2.78 bits per heavy atom. The number of halogens is 2. The van der Waals surface area contributed by atoms with Crippen molar-refractivity contribution >= 4 is 45.3 Å². The number of hydrogen-bond donors (Lipinski definition) is 1. The van der Waals surface area contributed by atoms with Gasteiger partial charge >= 0.3 is 5.97 Å². The zero-order valence-electron chi connectivity index (χ0n) is 8.93. The minimum absolute atomic E-state index is 0.0982. The minimum atomic E-state index is -1.03. The summed E-state index contributed by atoms with van der Waals surface area (Å²) in [5.41, 5.74) is 0.0982. The van der Waals surface area contributed by atoms with E-state index < -0.39 is 5.97 Å². The van der Waals surface area contributed by atoms with Gasteiger partial charge in [-0.25, -0.2) is 9.78 Å². The van der Waals surface area contributed by atoms with Crippen molar-refractivity contribution in [2.24, 2.45) is 0 Å². The van der Waals surface area contributed by atoms with Crippen LogP contribution in [0, 0.1) is 0 Å². The molecule has 2 rings (SSSR count). The first-order valence-corrected chi connectivity index (χ1v) is 6.88. The number of benzene rings is 1. The molecule has 92 valence electrons. The van der Waals surface area contributed by atoms with Crippen molar-refractivity contribution in [1.29, 1.82) is 0 Å². The van der Waals surface area contributed by atoms with Gasteiger partial charge in [0.25, 0.3) is 0 Å². The molecule has 0 radical (unpaired) electrons. The topological polar surface area (TPSA) is 50.2 Å². The second-order valence-electron chi connectivity index (χ2n) is 3.34. The molecule has 0 atom stereocenters. The molecule has 18 heavy (non-hydrogen) atoms. The van der Waals surface area contributed by atoms with Crippen molar-refractivity contribution in [3.8, 4) is 0 Å². The van der Waals surface area contributed by atoms with Crippen molar-refractivity contribution in [1.82, 2.24) is 4.98 Å². The molecule has 0 bridgehead atoms. The molecule has 2 aromatic rings. The van der Waals surface area contributed by atoms with Gasteiger partial charge in [0.15, 0.2) is 0 Å². The number of carboxylic acid groups (broad SMARTS) is 1. The zero-order valence-corrected chi connectivity index (χ0v) is 12.1. The Labute approximate surface area is 121 Å². The van der Waals surface area contributed by atoms with Crippen LogP contribution in [0.4, 0.5) is 0 Å². The van der Waals surface area contributed by atoms with E-state index in [0.717, 1.165) is 14.4 Å². The molecule has 0 amide bonds. The highest BCUT2D eigenvalue weighted by atomic mass is 79.9. The SMILES string of the molecule is O=C(O)c1ccc(Sc2ncccc2Br)cc1Cl. The average Bonchev–Trinajstić information content (AvgIpc) is 2.32. The van der Waals surface area contributed by atoms with Crippen LogP contribution in [-0.4, -0.2) is 16.1 Å². The Balaban J connectivity index is 2.29. The largest absolute Gasteiger partial charge is 0.478 e. The van der Waals surface area contributed by atoms with Crippen LogP contribution in [0.1, 0.15) is 10.4 Å². The molecule has 6 heteroatoms. The summed E-state index contributed by atoms with van der Waals surface area (Å²) in [6, 6.07) is 8.54. The fraction of sp³-hybridized carbons (Fsp3) is 0. The summed E-state index contributed by atoms with van der Waals surface area (Å²) in [5, 5.41) is 9.90. The van der Waals surface area contributed by atoms with Gasteiger partial charge in [-0.3, -0.25) is 0 Å². The third kappa shape index (κ3) is 3.04. The summed E-state index contributed by atoms with van der Waals surface area (Å²) in [6.07, 6.45) is 1.69. The fourth-order valence-electron chi connectivity index (χ4n) is 1.29. The highest BCUT2D eigenvalue weighted by molar-refractivity contribution is 9.10. The quantitative estimate of drug-likeness (QED) is 0.899. The normalized spacial score (nSPS) is 10.3. The first kappa shape index (κ1) is 13.4. The zero-order chi connectivity index (χ0) is 13.1. The molecule has 0 fully saturated rings. The van der Waals surface area contributed by atoms with Crippen LogP contribution in [0.25, 0.3) is 0 Å². The monoisotopic (exact) mass is 343 g/mol. The molecule has 3 nitrogen and oxygen atoms in total. The Morgan fingerprint density at radius 2 is 2.17 bits per heavy atom. The van der Waals surface area contributed by atoms with Crippen molar-refractivity contribution in [2.75, 3.05) is 0 Å². The molecule has 0 saturated carbocycles. The van der Waals surface area contributed by atoms with Crippen molar-refractivity contribution < 1.29 is 9.90 Å². The molecular formula is C12H7BrClNO2S. The molecule has 1 aromatic carbocycles. The number of rotatable bonds is 3. The van der Waals surface area contributed by atoms with Gasteiger partial charge in [0.2, 0.25) is 0 Å². The van der Waals surface area contributed by atoms with Gasteiger partial charge in [0.1, 0.15) is 5.03 Å². The Hall–Kier alpha value is -1.04. The number of nitrogens with zero attached hydrogens (tertiary/aromatic N) is 1. The Morgan fingerprint density at radius 1 is 1.39 bits per heavy atom. The summed E-state index contributed by atoms with van der Waals surface area (Å²) < 4.78 is 0.883. The predicted octanol–water partition coefficient (Wildman–Crippen LogP) is 4.35. The number of pyridine rings is 1. The van der Waals surface area contributed by atoms with E-state index in [9.17, 15) is 4.79 Å². The summed E-state index contributed by atoms with van der Waals surface area (Å²) >= 11 is 10.7. The number of carboxylic acids is 1. The lowest BCUT2D eigenvalue weighted by Gasteiger charge is -2.05. The van der Waals surface area contributed by atoms with E-state index in [4.69, 9.17) is 16.7 Å². The standard InChI is InChI=1S/C12H7BrClNO2S/c13-9-2-1-5-15-11(9)18-7-3-4-8(12(16)17)10(14)6-7/h1-6H,(H,16,17). The maximum atomic E-state index is 10.8. The number of carbonyl (C=O) groups is 1. The minimum Gasteiger partial charge on any atom is -0.478 e. The van der Waals surface area contributed by atoms with Crippen molar-refractivity contribution in [3.05, 3.63) is 51.6 Å². The van der Waals surface area contributed by atoms with E-state index in [-0.39, 0.29) is 10.6 Å². The molecule has 0 aliphatic heterocycles. The molecule has 0 spiro atoms. The second kappa shape index (κ2) is 5.73. The highest BCUT2D eigenvalue weighted by Gasteiger charge is 2.10. The van der Waals surface area contributed by atoms with E-state index >= 15 is 0 Å². The number of hydrogen-bond acceptors (Lipinski definition) is 3. The number of aromatic nitrogens is 1. The Kier molecular flexibility index (Phi) is 4.27. The molecule has 1 heterocycles. The molecule has 0 aliphatic rings. The average molecular weight is 345 g/mol. The van der Waals surface area contributed by atoms with E-state index in [0.29, 0.717) is 0 Å². The first-order valence-electron chi connectivity index (χ1n) is 4.89. The third-order valence-corrected chi connectivity index (χ3v) is 4.33. The van der Waals surface area contributed by atoms with Crippen LogP contribution >= 0.6 is 39.3 Å². The summed E-state index contributed by atoms with van der Waals surface area (Å²) in [5.74, 6) is -1.03. The van der Waals surface area contributed by atoms with Crippen molar-refractivity contribution in [3.63, 3.8) is 0 Å². The lowest BCUT2D eigenvalue weighted by Crippen LogP contribution is -1.96. The molecule has 1 N–H and O–H groups in total. The lowest BCUT2D eigenvalue weighted by atomic mass is 10.2. The van der Waals surface area contributed by atoms with Gasteiger partial charge in [-0.05, 0) is 46.3 Å². The van der Waals surface area contributed by atoms with E-state index in [1.54, 1.807) is 18.3 Å². The maximum Gasteiger partial charge on any atom is 0.337 e. The van der Waals surface area contributed by atoms with E-state index in [1.165, 1.54) is 17.8 Å². The van der Waals surface area contributed by atoms with E-state index in [2.05, 4.69) is 20.9 Å². The van der Waals surface area contributed by atoms with Crippen LogP contribution in [-0.2, 0) is 0 Å². The smallest absolute Gasteiger partial charge is 0.337 e. The fourth-order valence-corrected chi connectivity index (χ4v) is 2.93. The van der Waals surface area contributed by atoms with Gasteiger partial charge in [0.05, 0.1) is 15.1 Å². The molecule has 0 unspecified atom stereocenters. The van der Waals surface area contributed by atoms with Crippen LogP contribution in [0.2, 0.25) is 5.02 Å². The summed E-state index contributed by atoms with van der Waals surface area (Å²) in [7, 11) is 0. The lowest BCUT2D eigenvalue weighted by molar-refractivity contribution is 0.0697. The van der Waals surface area contributed by atoms with Crippen LogP contribution in [0.3, 0.4) is 0 Å². The maximum absolute atomic E-state index is 10.8. The van der Waals surface area contributed by atoms with Gasteiger partial charge in [-0.2, -0.15) is 0 Å². The van der Waals surface area contributed by atoms with Crippen LogP contribution in [0.5, 0.6) is 0 Å². The summed E-state index contributed by atoms with van der Waals surface area (Å²) in [4.78, 5) is 15.9. The van der Waals surface area contributed by atoms with Gasteiger partial charge < -0.3 is 5.11 Å². The number of aromatic carboxylic acids is 1. The van der Waals surface area contributed by atoms with Gasteiger partial charge in [-0.1, -0.05) is 23.4 Å².